The summed E-state index contributed by atoms with van der Waals surface area (Å²) in [7, 11) is 0. The molecule has 1 aromatic rings. The van der Waals surface area contributed by atoms with Gasteiger partial charge in [-0.25, -0.2) is 9.97 Å². The van der Waals surface area contributed by atoms with E-state index in [0.29, 0.717) is 11.6 Å². The molecule has 1 amide bonds. The Morgan fingerprint density at radius 2 is 2.16 bits per heavy atom. The Hall–Kier alpha value is -1.49. The molecule has 1 heterocycles. The first kappa shape index (κ1) is 13.9. The summed E-state index contributed by atoms with van der Waals surface area (Å²) in [6.45, 7) is 3.42. The molecular weight excluding hydrogens is 242 g/mol. The number of amides is 1. The van der Waals surface area contributed by atoms with Gasteiger partial charge in [-0.3, -0.25) is 4.79 Å². The number of aliphatic hydroxyl groups excluding tert-OH is 1. The van der Waals surface area contributed by atoms with Gasteiger partial charge in [-0.15, -0.1) is 0 Å². The van der Waals surface area contributed by atoms with Crippen LogP contribution in [0.25, 0.3) is 0 Å². The minimum Gasteiger partial charge on any atom is -0.394 e. The van der Waals surface area contributed by atoms with Crippen molar-refractivity contribution in [3.8, 4) is 0 Å². The molecule has 0 spiro atoms. The molecule has 5 nitrogen and oxygen atoms in total. The van der Waals surface area contributed by atoms with Crippen molar-refractivity contribution in [2.45, 2.75) is 51.0 Å². The van der Waals surface area contributed by atoms with Crippen molar-refractivity contribution in [1.82, 2.24) is 15.3 Å². The number of aromatic nitrogens is 2. The Kier molecular flexibility index (Phi) is 4.14. The number of hydrogen-bond donors (Lipinski definition) is 2. The number of nitrogens with one attached hydrogen (secondary N) is 1. The highest BCUT2D eigenvalue weighted by molar-refractivity contribution is 5.92. The third-order valence-corrected chi connectivity index (χ3v) is 3.47. The molecule has 0 bridgehead atoms. The normalized spacial score (nSPS) is 16.6. The maximum atomic E-state index is 12.1. The van der Waals surface area contributed by atoms with Gasteiger partial charge in [0.15, 0.2) is 0 Å². The zero-order valence-corrected chi connectivity index (χ0v) is 11.5. The molecule has 0 saturated heterocycles. The Morgan fingerprint density at radius 3 is 2.79 bits per heavy atom. The number of carbonyl (C=O) groups excluding carboxylic acids is 1. The molecule has 104 valence electrons. The van der Waals surface area contributed by atoms with Crippen molar-refractivity contribution in [1.29, 1.82) is 0 Å². The molecule has 5 heteroatoms. The lowest BCUT2D eigenvalue weighted by molar-refractivity contribution is 0.0863. The number of nitrogens with zero attached hydrogens (tertiary/aromatic N) is 2. The van der Waals surface area contributed by atoms with Crippen molar-refractivity contribution < 1.29 is 9.90 Å². The maximum absolute atomic E-state index is 12.1. The van der Waals surface area contributed by atoms with Gasteiger partial charge >= 0.3 is 0 Å². The van der Waals surface area contributed by atoms with Crippen LogP contribution in [-0.2, 0) is 0 Å². The van der Waals surface area contributed by atoms with Crippen LogP contribution in [0.1, 0.15) is 61.8 Å². The van der Waals surface area contributed by atoms with Gasteiger partial charge in [0.25, 0.3) is 5.91 Å². The highest BCUT2D eigenvalue weighted by Crippen LogP contribution is 2.31. The molecule has 0 aromatic carbocycles. The van der Waals surface area contributed by atoms with Gasteiger partial charge in [-0.05, 0) is 32.8 Å². The zero-order chi connectivity index (χ0) is 13.9. The van der Waals surface area contributed by atoms with Gasteiger partial charge < -0.3 is 10.4 Å². The Bertz CT molecular complexity index is 454. The van der Waals surface area contributed by atoms with E-state index in [1.54, 1.807) is 26.1 Å². The van der Waals surface area contributed by atoms with E-state index >= 15 is 0 Å². The van der Waals surface area contributed by atoms with Crippen LogP contribution >= 0.6 is 0 Å². The molecule has 0 unspecified atom stereocenters. The second-order valence-electron chi connectivity index (χ2n) is 5.78. The summed E-state index contributed by atoms with van der Waals surface area (Å²) < 4.78 is 0. The third kappa shape index (κ3) is 3.50. The third-order valence-electron chi connectivity index (χ3n) is 3.47. The minimum atomic E-state index is -0.643. The van der Waals surface area contributed by atoms with Crippen molar-refractivity contribution in [3.63, 3.8) is 0 Å². The summed E-state index contributed by atoms with van der Waals surface area (Å²) >= 11 is 0. The summed E-state index contributed by atoms with van der Waals surface area (Å²) in [5.41, 5.74) is -0.270. The smallest absolute Gasteiger partial charge is 0.270 e. The summed E-state index contributed by atoms with van der Waals surface area (Å²) in [6, 6.07) is 1.61. The van der Waals surface area contributed by atoms with Crippen molar-refractivity contribution in [2.24, 2.45) is 0 Å². The highest BCUT2D eigenvalue weighted by Gasteiger charge is 2.23. The fourth-order valence-corrected chi connectivity index (χ4v) is 2.29. The van der Waals surface area contributed by atoms with Crippen LogP contribution < -0.4 is 5.32 Å². The van der Waals surface area contributed by atoms with Gasteiger partial charge in [-0.1, -0.05) is 12.8 Å². The molecule has 0 radical (unpaired) electrons. The van der Waals surface area contributed by atoms with Crippen LogP contribution in [0, 0.1) is 0 Å². The molecule has 1 fully saturated rings. The van der Waals surface area contributed by atoms with Crippen LogP contribution in [0.4, 0.5) is 0 Å². The molecule has 2 rings (SSSR count). The lowest BCUT2D eigenvalue weighted by Gasteiger charge is -2.23. The van der Waals surface area contributed by atoms with Crippen LogP contribution in [-0.4, -0.2) is 33.1 Å². The van der Waals surface area contributed by atoms with Crippen LogP contribution in [0.2, 0.25) is 0 Å². The topological polar surface area (TPSA) is 75.1 Å². The summed E-state index contributed by atoms with van der Waals surface area (Å²) in [5, 5.41) is 11.9. The predicted molar refractivity (Wildman–Crippen MR) is 71.9 cm³/mol. The average Bonchev–Trinajstić information content (AvgIpc) is 2.92. The van der Waals surface area contributed by atoms with Gasteiger partial charge in [0.2, 0.25) is 0 Å². The second-order valence-corrected chi connectivity index (χ2v) is 5.78. The Labute approximate surface area is 113 Å². The highest BCUT2D eigenvalue weighted by atomic mass is 16.3. The first-order valence-electron chi connectivity index (χ1n) is 6.78. The Balaban J connectivity index is 2.12. The van der Waals surface area contributed by atoms with E-state index in [0.717, 1.165) is 18.7 Å². The molecular formula is C14H21N3O2. The molecule has 0 aliphatic heterocycles. The molecule has 2 N–H and O–H groups in total. The molecule has 1 saturated carbocycles. The van der Waals surface area contributed by atoms with Crippen molar-refractivity contribution in [3.05, 3.63) is 23.8 Å². The lowest BCUT2D eigenvalue weighted by atomic mass is 10.1. The SMILES string of the molecule is CC(C)(CO)NC(=O)c1ccnc(C2CCCC2)n1. The number of carbonyl (C=O) groups is 1. The molecule has 1 aliphatic carbocycles. The lowest BCUT2D eigenvalue weighted by Crippen LogP contribution is -2.46. The quantitative estimate of drug-likeness (QED) is 0.866. The van der Waals surface area contributed by atoms with Crippen LogP contribution in [0.15, 0.2) is 12.3 Å². The average molecular weight is 263 g/mol. The van der Waals surface area contributed by atoms with E-state index in [-0.39, 0.29) is 12.5 Å². The van der Waals surface area contributed by atoms with E-state index in [4.69, 9.17) is 5.11 Å². The summed E-state index contributed by atoms with van der Waals surface area (Å²) in [4.78, 5) is 20.7. The Morgan fingerprint density at radius 1 is 1.47 bits per heavy atom. The van der Waals surface area contributed by atoms with Crippen LogP contribution in [0.5, 0.6) is 0 Å². The van der Waals surface area contributed by atoms with Gasteiger partial charge in [0, 0.05) is 12.1 Å². The van der Waals surface area contributed by atoms with E-state index in [9.17, 15) is 4.79 Å². The first-order chi connectivity index (χ1) is 9.02. The molecule has 0 atom stereocenters. The molecule has 1 aromatic heterocycles. The van der Waals surface area contributed by atoms with Crippen LogP contribution in [0.3, 0.4) is 0 Å². The first-order valence-corrected chi connectivity index (χ1v) is 6.78. The molecule has 19 heavy (non-hydrogen) atoms. The van der Waals surface area contributed by atoms with E-state index in [1.165, 1.54) is 12.8 Å². The fourth-order valence-electron chi connectivity index (χ4n) is 2.29. The van der Waals surface area contributed by atoms with E-state index in [2.05, 4.69) is 15.3 Å². The zero-order valence-electron chi connectivity index (χ0n) is 11.5. The maximum Gasteiger partial charge on any atom is 0.270 e. The van der Waals surface area contributed by atoms with E-state index in [1.807, 2.05) is 0 Å². The predicted octanol–water partition coefficient (Wildman–Crippen LogP) is 1.63. The fraction of sp³-hybridized carbons (Fsp3) is 0.643. The monoisotopic (exact) mass is 263 g/mol. The summed E-state index contributed by atoms with van der Waals surface area (Å²) in [5.74, 6) is 0.895. The van der Waals surface area contributed by atoms with E-state index < -0.39 is 5.54 Å². The standard InChI is InChI=1S/C14H21N3O2/c1-14(2,9-18)17-13(19)11-7-8-15-12(16-11)10-5-3-4-6-10/h7-8,10,18H,3-6,9H2,1-2H3,(H,17,19). The number of hydrogen-bond acceptors (Lipinski definition) is 4. The van der Waals surface area contributed by atoms with Crippen molar-refractivity contribution in [2.75, 3.05) is 6.61 Å². The number of aliphatic hydroxyl groups is 1. The number of rotatable bonds is 4. The van der Waals surface area contributed by atoms with Gasteiger partial charge in [0.1, 0.15) is 11.5 Å². The minimum absolute atomic E-state index is 0.112. The van der Waals surface area contributed by atoms with Gasteiger partial charge in [0.05, 0.1) is 12.1 Å². The van der Waals surface area contributed by atoms with Gasteiger partial charge in [-0.2, -0.15) is 0 Å². The second kappa shape index (κ2) is 5.65. The molecule has 1 aliphatic rings. The largest absolute Gasteiger partial charge is 0.394 e. The summed E-state index contributed by atoms with van der Waals surface area (Å²) in [6.07, 6.45) is 6.27. The van der Waals surface area contributed by atoms with Crippen molar-refractivity contribution >= 4 is 5.91 Å².